The average molecular weight is 485 g/mol. The number of carbonyl (C=O) groups is 4. The van der Waals surface area contributed by atoms with E-state index in [1.54, 1.807) is 37.3 Å². The number of aromatic hydroxyl groups is 1. The van der Waals surface area contributed by atoms with Crippen LogP contribution in [0.3, 0.4) is 0 Å². The number of carboxylic acid groups (broad SMARTS) is 2. The van der Waals surface area contributed by atoms with Gasteiger partial charge < -0.3 is 26.0 Å². The highest BCUT2D eigenvalue weighted by molar-refractivity contribution is 8.00. The number of nitrogens with one attached hydrogen (secondary N) is 2. The van der Waals surface area contributed by atoms with Crippen molar-refractivity contribution in [3.8, 4) is 5.75 Å². The molecule has 0 spiro atoms. The van der Waals surface area contributed by atoms with Crippen LogP contribution in [-0.4, -0.2) is 44.3 Å². The van der Waals surface area contributed by atoms with Crippen LogP contribution in [0.15, 0.2) is 59.5 Å². The Hall–Kier alpha value is -3.79. The van der Waals surface area contributed by atoms with Gasteiger partial charge in [-0.15, -0.1) is 11.8 Å². The van der Waals surface area contributed by atoms with Gasteiger partial charge in [-0.2, -0.15) is 0 Å². The van der Waals surface area contributed by atoms with E-state index in [1.165, 1.54) is 30.0 Å². The molecular weight excluding hydrogens is 460 g/mol. The van der Waals surface area contributed by atoms with Crippen molar-refractivity contribution in [2.75, 3.05) is 10.6 Å². The van der Waals surface area contributed by atoms with E-state index in [9.17, 15) is 29.4 Å². The number of rotatable bonds is 8. The van der Waals surface area contributed by atoms with Crippen LogP contribution in [0.1, 0.15) is 30.1 Å². The molecule has 1 aliphatic rings. The monoisotopic (exact) mass is 484 g/mol. The van der Waals surface area contributed by atoms with Crippen LogP contribution in [-0.2, 0) is 14.4 Å². The Bertz CT molecular complexity index is 1130. The van der Waals surface area contributed by atoms with Gasteiger partial charge in [0.15, 0.2) is 0 Å². The van der Waals surface area contributed by atoms with E-state index in [0.29, 0.717) is 18.5 Å². The van der Waals surface area contributed by atoms with Gasteiger partial charge in [0, 0.05) is 16.3 Å². The first-order chi connectivity index (χ1) is 16.2. The summed E-state index contributed by atoms with van der Waals surface area (Å²) in [5.74, 6) is -4.77. The summed E-state index contributed by atoms with van der Waals surface area (Å²) in [6.45, 7) is 1.69. The van der Waals surface area contributed by atoms with Crippen molar-refractivity contribution >= 4 is 46.9 Å². The SMILES string of the molecule is CC(Sc1ccc(NC(=O)C2CC=CCC2C(=O)O)cc1)C(=O)Nc1ccc(O)c(C(=O)O)c1. The van der Waals surface area contributed by atoms with Crippen LogP contribution in [0.4, 0.5) is 11.4 Å². The van der Waals surface area contributed by atoms with E-state index in [-0.39, 0.29) is 23.1 Å². The molecule has 5 N–H and O–H groups in total. The molecule has 2 aromatic rings. The highest BCUT2D eigenvalue weighted by Crippen LogP contribution is 2.29. The van der Waals surface area contributed by atoms with Crippen molar-refractivity contribution < 1.29 is 34.5 Å². The van der Waals surface area contributed by atoms with Crippen molar-refractivity contribution in [2.45, 2.75) is 29.9 Å². The number of allylic oxidation sites excluding steroid dienone is 2. The predicted octanol–water partition coefficient (Wildman–Crippen LogP) is 3.82. The lowest BCUT2D eigenvalue weighted by Gasteiger charge is -2.24. The quantitative estimate of drug-likeness (QED) is 0.215. The van der Waals surface area contributed by atoms with E-state index in [4.69, 9.17) is 5.11 Å². The third-order valence-corrected chi connectivity index (χ3v) is 6.50. The second kappa shape index (κ2) is 10.9. The maximum Gasteiger partial charge on any atom is 0.339 e. The normalized spacial score (nSPS) is 18.0. The summed E-state index contributed by atoms with van der Waals surface area (Å²) in [6, 6.07) is 10.6. The standard InChI is InChI=1S/C24H24N2O7S/c1-13(21(28)26-15-8-11-20(27)19(12-15)24(32)33)34-16-9-6-14(7-10-16)25-22(29)17-4-2-3-5-18(17)23(30)31/h2-3,6-13,17-18,27H,4-5H2,1H3,(H,25,29)(H,26,28)(H,30,31)(H,32,33). The lowest BCUT2D eigenvalue weighted by atomic mass is 9.82. The number of hydrogen-bond acceptors (Lipinski definition) is 6. The zero-order valence-corrected chi connectivity index (χ0v) is 19.0. The number of carbonyl (C=O) groups excluding carboxylic acids is 2. The van der Waals surface area contributed by atoms with Crippen LogP contribution < -0.4 is 10.6 Å². The van der Waals surface area contributed by atoms with Crippen molar-refractivity contribution in [3.05, 3.63) is 60.2 Å². The van der Waals surface area contributed by atoms with Gasteiger partial charge >= 0.3 is 11.9 Å². The molecule has 3 unspecified atom stereocenters. The van der Waals surface area contributed by atoms with Gasteiger partial charge in [0.1, 0.15) is 11.3 Å². The Morgan fingerprint density at radius 3 is 2.15 bits per heavy atom. The Morgan fingerprint density at radius 2 is 1.53 bits per heavy atom. The summed E-state index contributed by atoms with van der Waals surface area (Å²) in [6.07, 6.45) is 4.29. The summed E-state index contributed by atoms with van der Waals surface area (Å²) >= 11 is 1.27. The molecule has 9 nitrogen and oxygen atoms in total. The number of phenols is 1. The highest BCUT2D eigenvalue weighted by atomic mass is 32.2. The summed E-state index contributed by atoms with van der Waals surface area (Å²) in [4.78, 5) is 48.4. The number of benzene rings is 2. The fraction of sp³-hybridized carbons (Fsp3) is 0.250. The summed E-state index contributed by atoms with van der Waals surface area (Å²) < 4.78 is 0. The van der Waals surface area contributed by atoms with Crippen LogP contribution in [0.2, 0.25) is 0 Å². The fourth-order valence-electron chi connectivity index (χ4n) is 3.52. The highest BCUT2D eigenvalue weighted by Gasteiger charge is 2.33. The second-order valence-corrected chi connectivity index (χ2v) is 9.21. The maximum atomic E-state index is 12.6. The molecule has 0 radical (unpaired) electrons. The van der Waals surface area contributed by atoms with Crippen LogP contribution >= 0.6 is 11.8 Å². The number of aromatic carboxylic acids is 1. The van der Waals surface area contributed by atoms with Gasteiger partial charge in [-0.25, -0.2) is 4.79 Å². The van der Waals surface area contributed by atoms with Crippen LogP contribution in [0.25, 0.3) is 0 Å². The van der Waals surface area contributed by atoms with Gasteiger partial charge in [-0.3, -0.25) is 14.4 Å². The van der Waals surface area contributed by atoms with E-state index in [2.05, 4.69) is 10.6 Å². The van der Waals surface area contributed by atoms with Gasteiger partial charge in [0.05, 0.1) is 17.1 Å². The van der Waals surface area contributed by atoms with E-state index >= 15 is 0 Å². The second-order valence-electron chi connectivity index (χ2n) is 7.79. The number of carboxylic acids is 2. The first-order valence-electron chi connectivity index (χ1n) is 10.5. The smallest absolute Gasteiger partial charge is 0.339 e. The topological polar surface area (TPSA) is 153 Å². The van der Waals surface area contributed by atoms with Crippen LogP contribution in [0.5, 0.6) is 5.75 Å². The Balaban J connectivity index is 1.57. The first-order valence-corrected chi connectivity index (χ1v) is 11.4. The molecule has 0 saturated carbocycles. The van der Waals surface area contributed by atoms with E-state index in [0.717, 1.165) is 4.90 Å². The Kier molecular flexibility index (Phi) is 7.95. The molecule has 0 bridgehead atoms. The number of aliphatic carboxylic acids is 1. The molecule has 2 aromatic carbocycles. The third-order valence-electron chi connectivity index (χ3n) is 5.38. The minimum Gasteiger partial charge on any atom is -0.507 e. The summed E-state index contributed by atoms with van der Waals surface area (Å²) in [5.41, 5.74) is 0.466. The molecule has 0 aliphatic heterocycles. The summed E-state index contributed by atoms with van der Waals surface area (Å²) in [7, 11) is 0. The van der Waals surface area contributed by atoms with Crippen molar-refractivity contribution in [1.82, 2.24) is 0 Å². The van der Waals surface area contributed by atoms with Crippen molar-refractivity contribution in [1.29, 1.82) is 0 Å². The molecule has 3 atom stereocenters. The zero-order valence-electron chi connectivity index (χ0n) is 18.2. The summed E-state index contributed by atoms with van der Waals surface area (Å²) in [5, 5.41) is 32.9. The number of hydrogen-bond donors (Lipinski definition) is 5. The Labute approximate surface area is 199 Å². The Morgan fingerprint density at radius 1 is 0.912 bits per heavy atom. The maximum absolute atomic E-state index is 12.6. The predicted molar refractivity (Wildman–Crippen MR) is 127 cm³/mol. The van der Waals surface area contributed by atoms with Gasteiger partial charge in [-0.1, -0.05) is 12.2 Å². The van der Waals surface area contributed by atoms with Crippen LogP contribution in [0, 0.1) is 11.8 Å². The van der Waals surface area contributed by atoms with E-state index in [1.807, 2.05) is 6.08 Å². The molecule has 1 aliphatic carbocycles. The molecule has 2 amide bonds. The number of amides is 2. The molecule has 0 saturated heterocycles. The van der Waals surface area contributed by atoms with Crippen molar-refractivity contribution in [3.63, 3.8) is 0 Å². The molecule has 34 heavy (non-hydrogen) atoms. The van der Waals surface area contributed by atoms with Gasteiger partial charge in [0.25, 0.3) is 0 Å². The van der Waals surface area contributed by atoms with Gasteiger partial charge in [0.2, 0.25) is 11.8 Å². The third kappa shape index (κ3) is 6.16. The first kappa shape index (κ1) is 24.8. The largest absolute Gasteiger partial charge is 0.507 e. The minimum absolute atomic E-state index is 0.253. The number of anilines is 2. The lowest BCUT2D eigenvalue weighted by molar-refractivity contribution is -0.146. The molecule has 178 valence electrons. The molecule has 10 heteroatoms. The van der Waals surface area contributed by atoms with Gasteiger partial charge in [-0.05, 0) is 62.2 Å². The average Bonchev–Trinajstić information content (AvgIpc) is 2.81. The van der Waals surface area contributed by atoms with E-state index < -0.39 is 34.8 Å². The number of thioether (sulfide) groups is 1. The molecule has 0 fully saturated rings. The lowest BCUT2D eigenvalue weighted by Crippen LogP contribution is -2.34. The zero-order chi connectivity index (χ0) is 24.8. The minimum atomic E-state index is -1.30. The van der Waals surface area contributed by atoms with Crippen molar-refractivity contribution in [2.24, 2.45) is 11.8 Å². The molecular formula is C24H24N2O7S. The fourth-order valence-corrected chi connectivity index (χ4v) is 4.38. The molecule has 0 heterocycles. The molecule has 0 aromatic heterocycles. The molecule has 3 rings (SSSR count).